The number of benzene rings is 1. The van der Waals surface area contributed by atoms with Crippen LogP contribution < -0.4 is 5.73 Å². The summed E-state index contributed by atoms with van der Waals surface area (Å²) in [6.07, 6.45) is 0. The molecule has 0 aliphatic heterocycles. The summed E-state index contributed by atoms with van der Waals surface area (Å²) >= 11 is 3.02. The second kappa shape index (κ2) is 5.14. The number of aromatic nitrogens is 1. The van der Waals surface area contributed by atoms with Gasteiger partial charge in [-0.05, 0) is 24.3 Å². The van der Waals surface area contributed by atoms with Gasteiger partial charge in [-0.25, -0.2) is 4.98 Å². The van der Waals surface area contributed by atoms with Gasteiger partial charge in [0.2, 0.25) is 0 Å². The molecule has 2 heterocycles. The van der Waals surface area contributed by atoms with Crippen molar-refractivity contribution in [3.8, 4) is 0 Å². The van der Waals surface area contributed by atoms with Crippen LogP contribution in [0.2, 0.25) is 0 Å². The Bertz CT molecular complexity index is 781. The molecule has 6 nitrogen and oxygen atoms in total. The molecule has 20 heavy (non-hydrogen) atoms. The molecule has 0 aliphatic rings. The zero-order valence-electron chi connectivity index (χ0n) is 10.1. The number of nitro groups is 1. The lowest BCUT2D eigenvalue weighted by molar-refractivity contribution is -0.402. The van der Waals surface area contributed by atoms with Gasteiger partial charge in [0.05, 0.1) is 22.0 Å². The third-order valence-electron chi connectivity index (χ3n) is 2.56. The Kier molecular flexibility index (Phi) is 3.33. The van der Waals surface area contributed by atoms with E-state index in [4.69, 9.17) is 10.2 Å². The highest BCUT2D eigenvalue weighted by Crippen LogP contribution is 2.33. The van der Waals surface area contributed by atoms with Gasteiger partial charge in [0.1, 0.15) is 10.7 Å². The average Bonchev–Trinajstić information content (AvgIpc) is 3.01. The predicted molar refractivity (Wildman–Crippen MR) is 79.0 cm³/mol. The van der Waals surface area contributed by atoms with Crippen LogP contribution >= 0.6 is 23.1 Å². The largest absolute Gasteiger partial charge is 0.433 e. The minimum atomic E-state index is -0.547. The lowest BCUT2D eigenvalue weighted by Crippen LogP contribution is -1.83. The standard InChI is InChI=1S/C12H9N3O3S2/c13-7-1-3-9-10(5-7)20-12(14-9)19-6-8-2-4-11(18-8)15(16)17/h1-5H,6,13H2. The molecule has 3 rings (SSSR count). The molecule has 2 aromatic heterocycles. The number of nitrogen functional groups attached to an aromatic ring is 1. The lowest BCUT2D eigenvalue weighted by Gasteiger charge is -1.92. The molecule has 1 aromatic carbocycles. The molecule has 0 spiro atoms. The van der Waals surface area contributed by atoms with Crippen molar-refractivity contribution >= 4 is 44.9 Å². The van der Waals surface area contributed by atoms with Crippen LogP contribution in [0.5, 0.6) is 0 Å². The summed E-state index contributed by atoms with van der Waals surface area (Å²) in [5.74, 6) is 0.821. The molecule has 2 N–H and O–H groups in total. The van der Waals surface area contributed by atoms with Crippen molar-refractivity contribution in [2.45, 2.75) is 10.1 Å². The highest BCUT2D eigenvalue weighted by atomic mass is 32.2. The van der Waals surface area contributed by atoms with E-state index in [2.05, 4.69) is 4.98 Å². The minimum absolute atomic E-state index is 0.238. The molecule has 0 fully saturated rings. The fourth-order valence-electron chi connectivity index (χ4n) is 1.66. The zero-order chi connectivity index (χ0) is 14.1. The Morgan fingerprint density at radius 1 is 1.40 bits per heavy atom. The van der Waals surface area contributed by atoms with E-state index in [9.17, 15) is 10.1 Å². The first-order valence-corrected chi connectivity index (χ1v) is 7.44. The number of hydrogen-bond donors (Lipinski definition) is 1. The van der Waals surface area contributed by atoms with Crippen LogP contribution in [0, 0.1) is 10.1 Å². The molecule has 0 bridgehead atoms. The summed E-state index contributed by atoms with van der Waals surface area (Å²) in [7, 11) is 0. The van der Waals surface area contributed by atoms with Crippen LogP contribution in [-0.2, 0) is 5.75 Å². The van der Waals surface area contributed by atoms with Crippen molar-refractivity contribution in [1.82, 2.24) is 4.98 Å². The van der Waals surface area contributed by atoms with Crippen LogP contribution in [0.1, 0.15) is 5.76 Å². The van der Waals surface area contributed by atoms with Gasteiger partial charge in [-0.2, -0.15) is 0 Å². The number of thioether (sulfide) groups is 1. The molecule has 102 valence electrons. The normalized spacial score (nSPS) is 11.0. The van der Waals surface area contributed by atoms with Crippen LogP contribution in [0.25, 0.3) is 10.2 Å². The molecule has 0 unspecified atom stereocenters. The van der Waals surface area contributed by atoms with E-state index in [1.165, 1.54) is 17.8 Å². The SMILES string of the molecule is Nc1ccc2nc(SCc3ccc([N+](=O)[O-])o3)sc2c1. The van der Waals surface area contributed by atoms with Gasteiger partial charge >= 0.3 is 5.88 Å². The van der Waals surface area contributed by atoms with E-state index in [0.29, 0.717) is 17.2 Å². The number of furan rings is 1. The van der Waals surface area contributed by atoms with Crippen molar-refractivity contribution in [1.29, 1.82) is 0 Å². The molecule has 0 aliphatic carbocycles. The van der Waals surface area contributed by atoms with Gasteiger partial charge < -0.3 is 10.2 Å². The molecule has 0 saturated heterocycles. The zero-order valence-corrected chi connectivity index (χ0v) is 11.7. The fourth-order valence-corrected chi connectivity index (χ4v) is 3.67. The Morgan fingerprint density at radius 2 is 2.25 bits per heavy atom. The Morgan fingerprint density at radius 3 is 3.00 bits per heavy atom. The second-order valence-electron chi connectivity index (χ2n) is 3.99. The first-order chi connectivity index (χ1) is 9.61. The Balaban J connectivity index is 1.74. The number of nitrogens with zero attached hydrogens (tertiary/aromatic N) is 2. The summed E-state index contributed by atoms with van der Waals surface area (Å²) < 4.78 is 7.00. The van der Waals surface area contributed by atoms with E-state index in [-0.39, 0.29) is 5.88 Å². The average molecular weight is 307 g/mol. The first kappa shape index (κ1) is 12.9. The quantitative estimate of drug-likeness (QED) is 0.342. The van der Waals surface area contributed by atoms with Crippen LogP contribution in [0.15, 0.2) is 39.1 Å². The Hall–Kier alpha value is -2.06. The first-order valence-electron chi connectivity index (χ1n) is 5.64. The molecule has 8 heteroatoms. The number of thiazole rings is 1. The van der Waals surface area contributed by atoms with E-state index in [1.807, 2.05) is 18.2 Å². The highest BCUT2D eigenvalue weighted by molar-refractivity contribution is 8.00. The van der Waals surface area contributed by atoms with Crippen LogP contribution in [-0.4, -0.2) is 9.91 Å². The lowest BCUT2D eigenvalue weighted by atomic mass is 10.3. The van der Waals surface area contributed by atoms with Crippen LogP contribution in [0.4, 0.5) is 11.6 Å². The van der Waals surface area contributed by atoms with Crippen LogP contribution in [0.3, 0.4) is 0 Å². The number of anilines is 1. The number of fused-ring (bicyclic) bond motifs is 1. The molecule has 0 saturated carbocycles. The maximum absolute atomic E-state index is 10.5. The van der Waals surface area contributed by atoms with E-state index in [0.717, 1.165) is 14.6 Å². The number of hydrogen-bond acceptors (Lipinski definition) is 7. The second-order valence-corrected chi connectivity index (χ2v) is 6.25. The monoisotopic (exact) mass is 307 g/mol. The van der Waals surface area contributed by atoms with Crippen molar-refractivity contribution in [2.75, 3.05) is 5.73 Å². The third-order valence-corrected chi connectivity index (χ3v) is 4.74. The maximum atomic E-state index is 10.5. The van der Waals surface area contributed by atoms with Gasteiger partial charge in [-0.1, -0.05) is 11.8 Å². The summed E-state index contributed by atoms with van der Waals surface area (Å²) in [6.45, 7) is 0. The summed E-state index contributed by atoms with van der Waals surface area (Å²) in [6, 6.07) is 8.54. The third kappa shape index (κ3) is 2.61. The topological polar surface area (TPSA) is 95.2 Å². The summed E-state index contributed by atoms with van der Waals surface area (Å²) in [5.41, 5.74) is 7.33. The molecule has 0 radical (unpaired) electrons. The molecule has 0 atom stereocenters. The molecule has 3 aromatic rings. The van der Waals surface area contributed by atoms with Gasteiger partial charge in [0.25, 0.3) is 0 Å². The summed E-state index contributed by atoms with van der Waals surface area (Å²) in [5, 5.41) is 10.5. The van der Waals surface area contributed by atoms with E-state index in [1.54, 1.807) is 17.4 Å². The number of nitrogens with two attached hydrogens (primary N) is 1. The van der Waals surface area contributed by atoms with E-state index >= 15 is 0 Å². The molecule has 0 amide bonds. The van der Waals surface area contributed by atoms with Gasteiger partial charge in [-0.15, -0.1) is 11.3 Å². The predicted octanol–water partition coefficient (Wildman–Crippen LogP) is 3.67. The Labute approximate surface area is 121 Å². The fraction of sp³-hybridized carbons (Fsp3) is 0.0833. The number of rotatable bonds is 4. The maximum Gasteiger partial charge on any atom is 0.433 e. The van der Waals surface area contributed by atoms with Gasteiger partial charge in [0, 0.05) is 5.69 Å². The van der Waals surface area contributed by atoms with E-state index < -0.39 is 4.92 Å². The molecular weight excluding hydrogens is 298 g/mol. The van der Waals surface area contributed by atoms with Crippen molar-refractivity contribution in [3.63, 3.8) is 0 Å². The van der Waals surface area contributed by atoms with Crippen molar-refractivity contribution in [2.24, 2.45) is 0 Å². The summed E-state index contributed by atoms with van der Waals surface area (Å²) in [4.78, 5) is 14.4. The van der Waals surface area contributed by atoms with Crippen molar-refractivity contribution in [3.05, 3.63) is 46.2 Å². The smallest absolute Gasteiger partial charge is 0.405 e. The van der Waals surface area contributed by atoms with Gasteiger partial charge in [-0.3, -0.25) is 10.1 Å². The van der Waals surface area contributed by atoms with Gasteiger partial charge in [0.15, 0.2) is 4.34 Å². The highest BCUT2D eigenvalue weighted by Gasteiger charge is 2.12. The minimum Gasteiger partial charge on any atom is -0.405 e. The van der Waals surface area contributed by atoms with Crippen molar-refractivity contribution < 1.29 is 9.34 Å². The molecular formula is C12H9N3O3S2.